The van der Waals surface area contributed by atoms with Gasteiger partial charge in [0, 0.05) is 4.47 Å². The number of carboxylic acids is 2. The first-order valence-corrected chi connectivity index (χ1v) is 6.31. The lowest BCUT2D eigenvalue weighted by Gasteiger charge is -2.09. The van der Waals surface area contributed by atoms with Crippen molar-refractivity contribution in [2.45, 2.75) is 0 Å². The number of rotatable bonds is 4. The molecule has 2 rings (SSSR count). The second-order valence-corrected chi connectivity index (χ2v) is 4.79. The van der Waals surface area contributed by atoms with E-state index in [9.17, 15) is 9.59 Å². The Bertz CT molecular complexity index is 664. The third-order valence-corrected chi connectivity index (χ3v) is 3.03. The van der Waals surface area contributed by atoms with Gasteiger partial charge in [-0.1, -0.05) is 15.9 Å². The summed E-state index contributed by atoms with van der Waals surface area (Å²) in [5, 5.41) is 18.0. The highest BCUT2D eigenvalue weighted by molar-refractivity contribution is 9.10. The van der Waals surface area contributed by atoms with Crippen LogP contribution >= 0.6 is 15.9 Å². The van der Waals surface area contributed by atoms with Crippen LogP contribution in [0, 0.1) is 0 Å². The summed E-state index contributed by atoms with van der Waals surface area (Å²) in [5.41, 5.74) is -0.139. The molecule has 0 aliphatic carbocycles. The summed E-state index contributed by atoms with van der Waals surface area (Å²) in [6.07, 6.45) is 0. The van der Waals surface area contributed by atoms with E-state index in [1.54, 1.807) is 24.3 Å². The molecule has 5 nitrogen and oxygen atoms in total. The highest BCUT2D eigenvalue weighted by Gasteiger charge is 2.15. The summed E-state index contributed by atoms with van der Waals surface area (Å²) in [5.74, 6) is -1.94. The number of carbonyl (C=O) groups is 2. The molecule has 0 radical (unpaired) electrons. The Balaban J connectivity index is 2.41. The van der Waals surface area contributed by atoms with Gasteiger partial charge in [0.1, 0.15) is 17.1 Å². The largest absolute Gasteiger partial charge is 0.478 e. The zero-order chi connectivity index (χ0) is 14.7. The normalized spacial score (nSPS) is 10.1. The van der Waals surface area contributed by atoms with Gasteiger partial charge < -0.3 is 14.9 Å². The number of carboxylic acid groups (broad SMARTS) is 2. The van der Waals surface area contributed by atoms with E-state index in [4.69, 9.17) is 14.9 Å². The Labute approximate surface area is 122 Å². The van der Waals surface area contributed by atoms with Crippen molar-refractivity contribution in [3.05, 3.63) is 58.1 Å². The summed E-state index contributed by atoms with van der Waals surface area (Å²) >= 11 is 3.27. The van der Waals surface area contributed by atoms with Crippen molar-refractivity contribution in [3.8, 4) is 11.5 Å². The van der Waals surface area contributed by atoms with Crippen molar-refractivity contribution in [2.75, 3.05) is 0 Å². The summed E-state index contributed by atoms with van der Waals surface area (Å²) in [7, 11) is 0. The van der Waals surface area contributed by atoms with E-state index in [2.05, 4.69) is 15.9 Å². The van der Waals surface area contributed by atoms with Gasteiger partial charge in [0.05, 0.1) is 5.56 Å². The van der Waals surface area contributed by atoms with Crippen LogP contribution in [0.4, 0.5) is 0 Å². The number of ether oxygens (including phenoxy) is 1. The Morgan fingerprint density at radius 2 is 1.60 bits per heavy atom. The third kappa shape index (κ3) is 3.16. The molecule has 0 aromatic heterocycles. The Hall–Kier alpha value is -2.34. The van der Waals surface area contributed by atoms with Crippen LogP contribution < -0.4 is 4.74 Å². The van der Waals surface area contributed by atoms with Gasteiger partial charge in [-0.2, -0.15) is 0 Å². The minimum absolute atomic E-state index is 0.0141. The number of halogens is 1. The molecular formula is C14H9BrO5. The molecule has 102 valence electrons. The molecule has 2 N–H and O–H groups in total. The first-order valence-electron chi connectivity index (χ1n) is 5.51. The average Bonchev–Trinajstić information content (AvgIpc) is 2.41. The van der Waals surface area contributed by atoms with Gasteiger partial charge in [-0.15, -0.1) is 0 Å². The molecule has 0 aliphatic heterocycles. The van der Waals surface area contributed by atoms with Crippen LogP contribution in [0.5, 0.6) is 11.5 Å². The van der Waals surface area contributed by atoms with Gasteiger partial charge in [-0.25, -0.2) is 9.59 Å². The second-order valence-electron chi connectivity index (χ2n) is 3.88. The Kier molecular flexibility index (Phi) is 4.05. The number of hydrogen-bond acceptors (Lipinski definition) is 3. The predicted molar refractivity (Wildman–Crippen MR) is 74.6 cm³/mol. The van der Waals surface area contributed by atoms with Crippen molar-refractivity contribution in [1.29, 1.82) is 0 Å². The van der Waals surface area contributed by atoms with Crippen molar-refractivity contribution >= 4 is 27.9 Å². The average molecular weight is 337 g/mol. The molecule has 0 heterocycles. The van der Waals surface area contributed by atoms with Gasteiger partial charge in [-0.05, 0) is 42.5 Å². The topological polar surface area (TPSA) is 83.8 Å². The van der Waals surface area contributed by atoms with E-state index < -0.39 is 11.9 Å². The van der Waals surface area contributed by atoms with E-state index >= 15 is 0 Å². The molecule has 20 heavy (non-hydrogen) atoms. The van der Waals surface area contributed by atoms with Gasteiger partial charge >= 0.3 is 11.9 Å². The number of hydrogen-bond donors (Lipinski definition) is 2. The van der Waals surface area contributed by atoms with E-state index in [1.807, 2.05) is 0 Å². The lowest BCUT2D eigenvalue weighted by Crippen LogP contribution is -2.03. The molecule has 2 aromatic carbocycles. The van der Waals surface area contributed by atoms with Crippen LogP contribution in [0.3, 0.4) is 0 Å². The third-order valence-electron chi connectivity index (χ3n) is 2.50. The summed E-state index contributed by atoms with van der Waals surface area (Å²) < 4.78 is 6.30. The zero-order valence-electron chi connectivity index (χ0n) is 10.0. The summed E-state index contributed by atoms with van der Waals surface area (Å²) in [6, 6.07) is 10.4. The van der Waals surface area contributed by atoms with Gasteiger partial charge in [-0.3, -0.25) is 0 Å². The van der Waals surface area contributed by atoms with Gasteiger partial charge in [0.15, 0.2) is 0 Å². The maximum absolute atomic E-state index is 11.1. The lowest BCUT2D eigenvalue weighted by atomic mass is 10.1. The molecule has 2 aromatic rings. The molecule has 6 heteroatoms. The number of aromatic carboxylic acids is 2. The van der Waals surface area contributed by atoms with E-state index in [0.717, 1.165) is 4.47 Å². The lowest BCUT2D eigenvalue weighted by molar-refractivity contribution is 0.0678. The molecule has 0 unspecified atom stereocenters. The summed E-state index contributed by atoms with van der Waals surface area (Å²) in [6.45, 7) is 0. The number of benzene rings is 2. The first-order chi connectivity index (χ1) is 9.47. The molecule has 0 aliphatic rings. The fourth-order valence-electron chi connectivity index (χ4n) is 1.55. The van der Waals surface area contributed by atoms with E-state index in [1.165, 1.54) is 18.2 Å². The zero-order valence-corrected chi connectivity index (χ0v) is 11.6. The molecule has 0 atom stereocenters. The minimum Gasteiger partial charge on any atom is -0.478 e. The fraction of sp³-hybridized carbons (Fsp3) is 0. The van der Waals surface area contributed by atoms with Crippen LogP contribution in [0.1, 0.15) is 20.7 Å². The van der Waals surface area contributed by atoms with Gasteiger partial charge in [0.2, 0.25) is 0 Å². The molecule has 0 saturated heterocycles. The van der Waals surface area contributed by atoms with Crippen molar-refractivity contribution in [3.63, 3.8) is 0 Å². The molecule has 0 amide bonds. The quantitative estimate of drug-likeness (QED) is 0.890. The van der Waals surface area contributed by atoms with Crippen molar-refractivity contribution in [2.24, 2.45) is 0 Å². The summed E-state index contributed by atoms with van der Waals surface area (Å²) in [4.78, 5) is 22.0. The Morgan fingerprint density at radius 3 is 2.15 bits per heavy atom. The standard InChI is InChI=1S/C14H9BrO5/c15-9-2-4-10(5-3-9)20-12-7-8(13(16)17)1-6-11(12)14(18)19/h1-7H,(H,16,17)(H,18,19). The predicted octanol–water partition coefficient (Wildman–Crippen LogP) is 3.64. The van der Waals surface area contributed by atoms with Crippen molar-refractivity contribution in [1.82, 2.24) is 0 Å². The monoisotopic (exact) mass is 336 g/mol. The highest BCUT2D eigenvalue weighted by atomic mass is 79.9. The smallest absolute Gasteiger partial charge is 0.339 e. The molecule has 0 spiro atoms. The molecule has 0 saturated carbocycles. The van der Waals surface area contributed by atoms with Crippen LogP contribution in [-0.4, -0.2) is 22.2 Å². The minimum atomic E-state index is -1.19. The van der Waals surface area contributed by atoms with Crippen LogP contribution in [0.25, 0.3) is 0 Å². The second kappa shape index (κ2) is 5.75. The molecule has 0 fully saturated rings. The maximum atomic E-state index is 11.1. The van der Waals surface area contributed by atoms with Crippen LogP contribution in [0.15, 0.2) is 46.9 Å². The van der Waals surface area contributed by atoms with Crippen LogP contribution in [-0.2, 0) is 0 Å². The van der Waals surface area contributed by atoms with Crippen LogP contribution in [0.2, 0.25) is 0 Å². The van der Waals surface area contributed by atoms with E-state index in [0.29, 0.717) is 5.75 Å². The van der Waals surface area contributed by atoms with Crippen molar-refractivity contribution < 1.29 is 24.5 Å². The van der Waals surface area contributed by atoms with E-state index in [-0.39, 0.29) is 16.9 Å². The SMILES string of the molecule is O=C(O)c1ccc(C(=O)O)c(Oc2ccc(Br)cc2)c1. The Morgan fingerprint density at radius 1 is 0.950 bits per heavy atom. The molecular weight excluding hydrogens is 328 g/mol. The fourth-order valence-corrected chi connectivity index (χ4v) is 1.81. The van der Waals surface area contributed by atoms with Gasteiger partial charge in [0.25, 0.3) is 0 Å². The molecule has 0 bridgehead atoms. The highest BCUT2D eigenvalue weighted by Crippen LogP contribution is 2.27. The maximum Gasteiger partial charge on any atom is 0.339 e. The first kappa shape index (κ1) is 14.1.